The minimum Gasteiger partial charge on any atom is -0.497 e. The van der Waals surface area contributed by atoms with Crippen LogP contribution in [-0.4, -0.2) is 33.2 Å². The molecule has 0 aliphatic carbocycles. The molecular formula is C13H19N5O3. The zero-order valence-corrected chi connectivity index (χ0v) is 12.3. The summed E-state index contributed by atoms with van der Waals surface area (Å²) in [6, 6.07) is 5.10. The zero-order chi connectivity index (χ0) is 15.9. The Morgan fingerprint density at radius 3 is 2.71 bits per heavy atom. The minimum absolute atomic E-state index is 0.206. The Morgan fingerprint density at radius 2 is 2.19 bits per heavy atom. The highest BCUT2D eigenvalue weighted by atomic mass is 16.5. The van der Waals surface area contributed by atoms with E-state index in [0.717, 1.165) is 0 Å². The molecule has 1 aromatic rings. The highest BCUT2D eigenvalue weighted by molar-refractivity contribution is 5.86. The van der Waals surface area contributed by atoms with Crippen molar-refractivity contribution in [2.45, 2.75) is 12.5 Å². The summed E-state index contributed by atoms with van der Waals surface area (Å²) in [5, 5.41) is 6.41. The number of rotatable bonds is 8. The number of methoxy groups -OCH3 is 2. The number of azide groups is 1. The molecule has 0 aliphatic heterocycles. The Hall–Kier alpha value is -2.44. The first-order valence-corrected chi connectivity index (χ1v) is 6.28. The average Bonchev–Trinajstić information content (AvgIpc) is 2.50. The lowest BCUT2D eigenvalue weighted by molar-refractivity contribution is -0.124. The van der Waals surface area contributed by atoms with Crippen LogP contribution < -0.4 is 20.5 Å². The maximum Gasteiger partial charge on any atom is 0.242 e. The number of primary amides is 1. The molecule has 1 atom stereocenters. The number of benzene rings is 1. The Bertz CT molecular complexity index is 557. The molecule has 0 radical (unpaired) electrons. The maximum atomic E-state index is 11.9. The fourth-order valence-electron chi connectivity index (χ4n) is 1.93. The molecule has 1 aromatic carbocycles. The molecule has 114 valence electrons. The summed E-state index contributed by atoms with van der Waals surface area (Å²) in [6.45, 7) is 2.16. The number of hydrogen-bond acceptors (Lipinski definition) is 5. The van der Waals surface area contributed by atoms with Gasteiger partial charge in [-0.1, -0.05) is 5.11 Å². The van der Waals surface area contributed by atoms with Crippen LogP contribution in [0.5, 0.6) is 11.5 Å². The molecule has 1 unspecified atom stereocenters. The predicted molar refractivity (Wildman–Crippen MR) is 78.1 cm³/mol. The topological polar surface area (TPSA) is 122 Å². The number of nitrogens with two attached hydrogens (primary N) is 1. The lowest BCUT2D eigenvalue weighted by Gasteiger charge is -2.29. The third-order valence-electron chi connectivity index (χ3n) is 3.19. The van der Waals surface area contributed by atoms with E-state index >= 15 is 0 Å². The van der Waals surface area contributed by atoms with E-state index in [9.17, 15) is 4.79 Å². The summed E-state index contributed by atoms with van der Waals surface area (Å²) in [4.78, 5) is 14.5. The standard InChI is InChI=1S/C13H19N5O3/c1-13(12(14)19,16-6-7-17-18-15)10-5-4-9(20-2)8-11(10)21-3/h4-5,8,16H,6-7H2,1-3H3,(H2,14,19). The smallest absolute Gasteiger partial charge is 0.242 e. The zero-order valence-electron chi connectivity index (χ0n) is 12.3. The molecule has 8 nitrogen and oxygen atoms in total. The molecule has 0 saturated carbocycles. The number of nitrogens with one attached hydrogen (secondary N) is 1. The highest BCUT2D eigenvalue weighted by Crippen LogP contribution is 2.33. The van der Waals surface area contributed by atoms with Crippen molar-refractivity contribution in [3.63, 3.8) is 0 Å². The molecule has 0 aliphatic rings. The number of carbonyl (C=O) groups excluding carboxylic acids is 1. The summed E-state index contributed by atoms with van der Waals surface area (Å²) in [5.74, 6) is 0.523. The lowest BCUT2D eigenvalue weighted by atomic mass is 9.90. The second kappa shape index (κ2) is 7.37. The van der Waals surface area contributed by atoms with Gasteiger partial charge in [0.2, 0.25) is 5.91 Å². The maximum absolute atomic E-state index is 11.9. The quantitative estimate of drug-likeness (QED) is 0.324. The Morgan fingerprint density at radius 1 is 1.48 bits per heavy atom. The molecule has 0 spiro atoms. The van der Waals surface area contributed by atoms with Gasteiger partial charge in [-0.05, 0) is 24.6 Å². The van der Waals surface area contributed by atoms with Crippen LogP contribution in [0.2, 0.25) is 0 Å². The molecule has 3 N–H and O–H groups in total. The van der Waals surface area contributed by atoms with E-state index in [0.29, 0.717) is 23.6 Å². The van der Waals surface area contributed by atoms with Crippen LogP contribution in [0, 0.1) is 0 Å². The normalized spacial score (nSPS) is 12.9. The van der Waals surface area contributed by atoms with E-state index in [4.69, 9.17) is 20.7 Å². The first-order chi connectivity index (χ1) is 9.99. The van der Waals surface area contributed by atoms with Gasteiger partial charge in [0, 0.05) is 29.6 Å². The molecular weight excluding hydrogens is 274 g/mol. The van der Waals surface area contributed by atoms with Crippen LogP contribution in [0.25, 0.3) is 10.4 Å². The van der Waals surface area contributed by atoms with Crippen molar-refractivity contribution in [1.29, 1.82) is 0 Å². The number of carbonyl (C=O) groups is 1. The molecule has 0 saturated heterocycles. The van der Waals surface area contributed by atoms with Crippen LogP contribution in [-0.2, 0) is 10.3 Å². The van der Waals surface area contributed by atoms with Crippen LogP contribution in [0.3, 0.4) is 0 Å². The van der Waals surface area contributed by atoms with Gasteiger partial charge in [0.1, 0.15) is 17.0 Å². The largest absolute Gasteiger partial charge is 0.497 e. The molecule has 1 amide bonds. The molecule has 0 heterocycles. The summed E-state index contributed by atoms with van der Waals surface area (Å²) >= 11 is 0. The first kappa shape index (κ1) is 16.6. The van der Waals surface area contributed by atoms with Gasteiger partial charge in [-0.2, -0.15) is 0 Å². The van der Waals surface area contributed by atoms with Crippen LogP contribution >= 0.6 is 0 Å². The molecule has 0 bridgehead atoms. The highest BCUT2D eigenvalue weighted by Gasteiger charge is 2.35. The van der Waals surface area contributed by atoms with E-state index in [-0.39, 0.29) is 6.54 Å². The van der Waals surface area contributed by atoms with Crippen LogP contribution in [0.15, 0.2) is 23.3 Å². The van der Waals surface area contributed by atoms with Crippen molar-refractivity contribution in [3.8, 4) is 11.5 Å². The van der Waals surface area contributed by atoms with E-state index in [1.165, 1.54) is 7.11 Å². The Labute approximate surface area is 122 Å². The van der Waals surface area contributed by atoms with Gasteiger partial charge in [0.05, 0.1) is 14.2 Å². The van der Waals surface area contributed by atoms with Gasteiger partial charge in [-0.25, -0.2) is 0 Å². The second-order valence-corrected chi connectivity index (χ2v) is 4.44. The Kier molecular flexibility index (Phi) is 5.83. The number of nitrogens with zero attached hydrogens (tertiary/aromatic N) is 3. The van der Waals surface area contributed by atoms with E-state index in [2.05, 4.69) is 15.3 Å². The van der Waals surface area contributed by atoms with Gasteiger partial charge < -0.3 is 15.2 Å². The van der Waals surface area contributed by atoms with Crippen molar-refractivity contribution >= 4 is 5.91 Å². The van der Waals surface area contributed by atoms with E-state index in [1.807, 2.05) is 0 Å². The summed E-state index contributed by atoms with van der Waals surface area (Å²) < 4.78 is 10.4. The van der Waals surface area contributed by atoms with Crippen molar-refractivity contribution in [1.82, 2.24) is 5.32 Å². The molecule has 1 rings (SSSR count). The second-order valence-electron chi connectivity index (χ2n) is 4.44. The number of hydrogen-bond donors (Lipinski definition) is 2. The third-order valence-corrected chi connectivity index (χ3v) is 3.19. The fraction of sp³-hybridized carbons (Fsp3) is 0.462. The SMILES string of the molecule is COc1ccc(C(C)(NCCN=[N+]=[N-])C(N)=O)c(OC)c1. The van der Waals surface area contributed by atoms with E-state index < -0.39 is 11.4 Å². The summed E-state index contributed by atoms with van der Waals surface area (Å²) in [6.07, 6.45) is 0. The van der Waals surface area contributed by atoms with Gasteiger partial charge >= 0.3 is 0 Å². The van der Waals surface area contributed by atoms with Crippen molar-refractivity contribution < 1.29 is 14.3 Å². The Balaban J connectivity index is 3.14. The van der Waals surface area contributed by atoms with Crippen LogP contribution in [0.4, 0.5) is 0 Å². The first-order valence-electron chi connectivity index (χ1n) is 6.28. The molecule has 21 heavy (non-hydrogen) atoms. The molecule has 8 heteroatoms. The third kappa shape index (κ3) is 3.77. The summed E-state index contributed by atoms with van der Waals surface area (Å²) in [5.41, 5.74) is 13.2. The number of ether oxygens (including phenoxy) is 2. The van der Waals surface area contributed by atoms with Gasteiger partial charge in [0.15, 0.2) is 0 Å². The van der Waals surface area contributed by atoms with Crippen LogP contribution in [0.1, 0.15) is 12.5 Å². The molecule has 0 fully saturated rings. The predicted octanol–water partition coefficient (Wildman–Crippen LogP) is 1.30. The lowest BCUT2D eigenvalue weighted by Crippen LogP contribution is -2.51. The molecule has 0 aromatic heterocycles. The van der Waals surface area contributed by atoms with E-state index in [1.54, 1.807) is 32.2 Å². The van der Waals surface area contributed by atoms with Crippen molar-refractivity contribution in [3.05, 3.63) is 34.2 Å². The summed E-state index contributed by atoms with van der Waals surface area (Å²) in [7, 11) is 3.04. The van der Waals surface area contributed by atoms with Gasteiger partial charge in [0.25, 0.3) is 0 Å². The van der Waals surface area contributed by atoms with Crippen molar-refractivity contribution in [2.24, 2.45) is 10.8 Å². The minimum atomic E-state index is -1.15. The monoisotopic (exact) mass is 293 g/mol. The fourth-order valence-corrected chi connectivity index (χ4v) is 1.93. The number of amides is 1. The van der Waals surface area contributed by atoms with Gasteiger partial charge in [-0.15, -0.1) is 0 Å². The van der Waals surface area contributed by atoms with Crippen molar-refractivity contribution in [2.75, 3.05) is 27.3 Å². The average molecular weight is 293 g/mol. The van der Waals surface area contributed by atoms with Gasteiger partial charge in [-0.3, -0.25) is 10.1 Å².